The van der Waals surface area contributed by atoms with Crippen LogP contribution in [0.1, 0.15) is 28.4 Å². The van der Waals surface area contributed by atoms with Crippen LogP contribution in [0, 0.1) is 0 Å². The van der Waals surface area contributed by atoms with Gasteiger partial charge in [0.1, 0.15) is 5.78 Å². The molecular formula is C22H19ClN4O2. The summed E-state index contributed by atoms with van der Waals surface area (Å²) < 4.78 is 0. The highest BCUT2D eigenvalue weighted by atomic mass is 35.5. The number of benzene rings is 2. The summed E-state index contributed by atoms with van der Waals surface area (Å²) in [6.07, 6.45) is 0.241. The summed E-state index contributed by atoms with van der Waals surface area (Å²) in [6.45, 7) is 0.575. The third kappa shape index (κ3) is 3.84. The number of hydrogen-bond acceptors (Lipinski definition) is 5. The molecule has 0 saturated carbocycles. The molecule has 0 aliphatic carbocycles. The molecule has 1 atom stereocenters. The normalized spacial score (nSPS) is 16.7. The van der Waals surface area contributed by atoms with Crippen LogP contribution in [0.5, 0.6) is 0 Å². The van der Waals surface area contributed by atoms with Gasteiger partial charge in [0.15, 0.2) is 11.0 Å². The fourth-order valence-corrected chi connectivity index (χ4v) is 3.64. The zero-order valence-corrected chi connectivity index (χ0v) is 16.3. The SMILES string of the molecule is Nc1c(Cl)nc(-c2ccccc2)nc1C1CN(C(=O)c2ccccc2)CCC1=O. The van der Waals surface area contributed by atoms with Crippen LogP contribution in [0.3, 0.4) is 0 Å². The number of carbonyl (C=O) groups is 2. The number of aromatic nitrogens is 2. The fourth-order valence-electron chi connectivity index (χ4n) is 3.46. The number of carbonyl (C=O) groups excluding carboxylic acids is 2. The molecule has 0 spiro atoms. The van der Waals surface area contributed by atoms with Crippen molar-refractivity contribution in [1.82, 2.24) is 14.9 Å². The fraction of sp³-hybridized carbons (Fsp3) is 0.182. The maximum absolute atomic E-state index is 12.8. The van der Waals surface area contributed by atoms with E-state index in [1.807, 2.05) is 48.5 Å². The van der Waals surface area contributed by atoms with Gasteiger partial charge < -0.3 is 10.6 Å². The van der Waals surface area contributed by atoms with Crippen LogP contribution in [0.2, 0.25) is 5.15 Å². The van der Waals surface area contributed by atoms with E-state index in [1.54, 1.807) is 17.0 Å². The predicted molar refractivity (Wildman–Crippen MR) is 112 cm³/mol. The summed E-state index contributed by atoms with van der Waals surface area (Å²) in [5.41, 5.74) is 8.05. The lowest BCUT2D eigenvalue weighted by Crippen LogP contribution is -2.43. The number of amides is 1. The molecule has 2 aromatic carbocycles. The molecule has 1 saturated heterocycles. The van der Waals surface area contributed by atoms with Gasteiger partial charge in [-0.25, -0.2) is 9.97 Å². The lowest BCUT2D eigenvalue weighted by atomic mass is 9.91. The number of hydrogen-bond donors (Lipinski definition) is 1. The number of nitrogens with two attached hydrogens (primary N) is 1. The molecule has 2 heterocycles. The van der Waals surface area contributed by atoms with Gasteiger partial charge in [-0.3, -0.25) is 9.59 Å². The van der Waals surface area contributed by atoms with E-state index in [2.05, 4.69) is 9.97 Å². The minimum Gasteiger partial charge on any atom is -0.395 e. The number of nitrogen functional groups attached to an aromatic ring is 1. The molecule has 1 aromatic heterocycles. The summed E-state index contributed by atoms with van der Waals surface area (Å²) in [5.74, 6) is -0.369. The Hall–Kier alpha value is -3.25. The highest BCUT2D eigenvalue weighted by molar-refractivity contribution is 6.32. The Labute approximate surface area is 173 Å². The number of Topliss-reactive ketones (excluding diaryl/α,β-unsaturated/α-hetero) is 1. The van der Waals surface area contributed by atoms with Crippen LogP contribution >= 0.6 is 11.6 Å². The molecule has 0 radical (unpaired) electrons. The van der Waals surface area contributed by atoms with Crippen LogP contribution in [-0.4, -0.2) is 39.6 Å². The van der Waals surface area contributed by atoms with Gasteiger partial charge in [0.05, 0.1) is 17.3 Å². The monoisotopic (exact) mass is 406 g/mol. The minimum atomic E-state index is -0.639. The van der Waals surface area contributed by atoms with Crippen molar-refractivity contribution in [3.8, 4) is 11.4 Å². The van der Waals surface area contributed by atoms with E-state index in [-0.39, 0.29) is 35.5 Å². The van der Waals surface area contributed by atoms with E-state index in [0.29, 0.717) is 23.6 Å². The molecule has 7 heteroatoms. The number of ketones is 1. The topological polar surface area (TPSA) is 89.2 Å². The van der Waals surface area contributed by atoms with Gasteiger partial charge in [-0.1, -0.05) is 60.1 Å². The van der Waals surface area contributed by atoms with Gasteiger partial charge in [0.2, 0.25) is 0 Å². The minimum absolute atomic E-state index is 0.0115. The first-order valence-corrected chi connectivity index (χ1v) is 9.67. The van der Waals surface area contributed by atoms with E-state index < -0.39 is 5.92 Å². The molecule has 1 amide bonds. The van der Waals surface area contributed by atoms with Crippen molar-refractivity contribution in [1.29, 1.82) is 0 Å². The number of nitrogens with zero attached hydrogens (tertiary/aromatic N) is 3. The first-order chi connectivity index (χ1) is 14.0. The van der Waals surface area contributed by atoms with Gasteiger partial charge in [0, 0.05) is 30.6 Å². The largest absolute Gasteiger partial charge is 0.395 e. The lowest BCUT2D eigenvalue weighted by molar-refractivity contribution is -0.122. The Bertz CT molecular complexity index is 1060. The second-order valence-electron chi connectivity index (χ2n) is 6.89. The maximum Gasteiger partial charge on any atom is 0.253 e. The molecule has 1 aliphatic heterocycles. The van der Waals surface area contributed by atoms with Crippen LogP contribution < -0.4 is 5.73 Å². The third-order valence-electron chi connectivity index (χ3n) is 5.02. The van der Waals surface area contributed by atoms with Crippen LogP contribution in [-0.2, 0) is 4.79 Å². The van der Waals surface area contributed by atoms with E-state index in [0.717, 1.165) is 5.56 Å². The number of likely N-dealkylation sites (tertiary alicyclic amines) is 1. The van der Waals surface area contributed by atoms with E-state index in [9.17, 15) is 9.59 Å². The summed E-state index contributed by atoms with van der Waals surface area (Å²) >= 11 is 6.26. The lowest BCUT2D eigenvalue weighted by Gasteiger charge is -2.32. The second-order valence-corrected chi connectivity index (χ2v) is 7.25. The van der Waals surface area contributed by atoms with Crippen molar-refractivity contribution < 1.29 is 9.59 Å². The van der Waals surface area contributed by atoms with Crippen molar-refractivity contribution in [2.24, 2.45) is 0 Å². The molecule has 4 rings (SSSR count). The van der Waals surface area contributed by atoms with E-state index in [1.165, 1.54) is 0 Å². The smallest absolute Gasteiger partial charge is 0.253 e. The van der Waals surface area contributed by atoms with Crippen LogP contribution in [0.15, 0.2) is 60.7 Å². The zero-order valence-electron chi connectivity index (χ0n) is 15.6. The van der Waals surface area contributed by atoms with E-state index >= 15 is 0 Å². The maximum atomic E-state index is 12.8. The Morgan fingerprint density at radius 1 is 1.03 bits per heavy atom. The summed E-state index contributed by atoms with van der Waals surface area (Å²) in [7, 11) is 0. The van der Waals surface area contributed by atoms with Crippen molar-refractivity contribution in [2.75, 3.05) is 18.8 Å². The van der Waals surface area contributed by atoms with Crippen molar-refractivity contribution >= 4 is 29.0 Å². The number of anilines is 1. The highest BCUT2D eigenvalue weighted by Crippen LogP contribution is 2.32. The zero-order chi connectivity index (χ0) is 20.4. The predicted octanol–water partition coefficient (Wildman–Crippen LogP) is 3.58. The highest BCUT2D eigenvalue weighted by Gasteiger charge is 2.34. The standard InChI is InChI=1S/C22H19ClN4O2/c23-20-18(24)19(25-21(26-20)14-7-3-1-4-8-14)16-13-27(12-11-17(16)28)22(29)15-9-5-2-6-10-15/h1-10,16H,11-13,24H2. The molecule has 29 heavy (non-hydrogen) atoms. The molecule has 1 aliphatic rings. The average Bonchev–Trinajstić information content (AvgIpc) is 2.77. The van der Waals surface area contributed by atoms with Crippen LogP contribution in [0.4, 0.5) is 5.69 Å². The van der Waals surface area contributed by atoms with Crippen LogP contribution in [0.25, 0.3) is 11.4 Å². The van der Waals surface area contributed by atoms with Gasteiger partial charge in [-0.15, -0.1) is 0 Å². The van der Waals surface area contributed by atoms with Gasteiger partial charge in [-0.05, 0) is 12.1 Å². The number of piperidine rings is 1. The molecule has 1 unspecified atom stereocenters. The first-order valence-electron chi connectivity index (χ1n) is 9.30. The van der Waals surface area contributed by atoms with Gasteiger partial charge in [0.25, 0.3) is 5.91 Å². The molecule has 6 nitrogen and oxygen atoms in total. The Balaban J connectivity index is 1.68. The quantitative estimate of drug-likeness (QED) is 0.671. The van der Waals surface area contributed by atoms with E-state index in [4.69, 9.17) is 17.3 Å². The molecule has 3 aromatic rings. The third-order valence-corrected chi connectivity index (χ3v) is 5.31. The molecule has 0 bridgehead atoms. The molecular weight excluding hydrogens is 388 g/mol. The molecule has 1 fully saturated rings. The second kappa shape index (κ2) is 8.01. The van der Waals surface area contributed by atoms with Gasteiger partial charge in [-0.2, -0.15) is 0 Å². The van der Waals surface area contributed by atoms with Crippen molar-refractivity contribution in [3.63, 3.8) is 0 Å². The number of halogens is 1. The Kier molecular flexibility index (Phi) is 5.27. The first kappa shape index (κ1) is 19.1. The Morgan fingerprint density at radius 2 is 1.69 bits per heavy atom. The average molecular weight is 407 g/mol. The molecule has 2 N–H and O–H groups in total. The summed E-state index contributed by atoms with van der Waals surface area (Å²) in [6, 6.07) is 18.4. The van der Waals surface area contributed by atoms with Gasteiger partial charge >= 0.3 is 0 Å². The summed E-state index contributed by atoms with van der Waals surface area (Å²) in [4.78, 5) is 36.1. The van der Waals surface area contributed by atoms with Crippen molar-refractivity contribution in [3.05, 3.63) is 77.1 Å². The number of rotatable bonds is 3. The molecule has 146 valence electrons. The Morgan fingerprint density at radius 3 is 2.38 bits per heavy atom. The summed E-state index contributed by atoms with van der Waals surface area (Å²) in [5, 5.41) is 0.105. The van der Waals surface area contributed by atoms with Crippen molar-refractivity contribution in [2.45, 2.75) is 12.3 Å².